The van der Waals surface area contributed by atoms with Gasteiger partial charge in [-0.25, -0.2) is 0 Å². The lowest BCUT2D eigenvalue weighted by Gasteiger charge is -2.14. The van der Waals surface area contributed by atoms with Gasteiger partial charge in [0.2, 0.25) is 11.8 Å². The monoisotopic (exact) mass is 438 g/mol. The summed E-state index contributed by atoms with van der Waals surface area (Å²) in [4.78, 5) is 25.8. The molecule has 0 aliphatic carbocycles. The van der Waals surface area contributed by atoms with Crippen LogP contribution < -0.4 is 10.6 Å². The number of para-hydroxylation sites is 1. The van der Waals surface area contributed by atoms with E-state index >= 15 is 0 Å². The normalized spacial score (nSPS) is 11.6. The van der Waals surface area contributed by atoms with Gasteiger partial charge in [0.15, 0.2) is 0 Å². The van der Waals surface area contributed by atoms with Crippen LogP contribution in [0.25, 0.3) is 0 Å². The van der Waals surface area contributed by atoms with E-state index in [1.54, 1.807) is 12.1 Å². The number of anilines is 2. The molecule has 0 aliphatic heterocycles. The minimum atomic E-state index is -0.287. The van der Waals surface area contributed by atoms with Crippen molar-refractivity contribution in [2.24, 2.45) is 0 Å². The van der Waals surface area contributed by atoms with E-state index in [1.165, 1.54) is 11.8 Å². The van der Waals surface area contributed by atoms with Gasteiger partial charge in [-0.1, -0.05) is 48.0 Å². The second-order valence-electron chi connectivity index (χ2n) is 6.94. The fourth-order valence-corrected chi connectivity index (χ4v) is 3.90. The maximum atomic E-state index is 12.5. The molecule has 30 heavy (non-hydrogen) atoms. The molecule has 0 radical (unpaired) electrons. The standard InChI is InChI=1S/C24H23ClN2O2S/c1-16-6-3-4-9-22(16)27-24(29)17(2)30-21-8-5-7-20(15-21)26-23(28)14-18-10-12-19(25)13-11-18/h3-13,15,17H,14H2,1-2H3,(H,26,28)(H,27,29). The number of carbonyl (C=O) groups is 2. The van der Waals surface area contributed by atoms with Gasteiger partial charge in [0.05, 0.1) is 11.7 Å². The molecular weight excluding hydrogens is 416 g/mol. The predicted octanol–water partition coefficient (Wildman–Crippen LogP) is 5.95. The Hall–Kier alpha value is -2.76. The van der Waals surface area contributed by atoms with Gasteiger partial charge in [-0.3, -0.25) is 9.59 Å². The van der Waals surface area contributed by atoms with Gasteiger partial charge in [0, 0.05) is 21.3 Å². The Balaban J connectivity index is 1.57. The van der Waals surface area contributed by atoms with Gasteiger partial charge >= 0.3 is 0 Å². The van der Waals surface area contributed by atoms with E-state index in [2.05, 4.69) is 10.6 Å². The lowest BCUT2D eigenvalue weighted by atomic mass is 10.1. The van der Waals surface area contributed by atoms with E-state index < -0.39 is 0 Å². The highest BCUT2D eigenvalue weighted by Crippen LogP contribution is 2.27. The minimum absolute atomic E-state index is 0.0634. The van der Waals surface area contributed by atoms with E-state index in [4.69, 9.17) is 11.6 Å². The van der Waals surface area contributed by atoms with Crippen molar-refractivity contribution in [3.8, 4) is 0 Å². The van der Waals surface area contributed by atoms with Crippen molar-refractivity contribution in [2.45, 2.75) is 30.4 Å². The van der Waals surface area contributed by atoms with E-state index in [0.29, 0.717) is 10.7 Å². The first-order valence-electron chi connectivity index (χ1n) is 9.58. The van der Waals surface area contributed by atoms with Crippen molar-refractivity contribution in [1.82, 2.24) is 0 Å². The number of hydrogen-bond donors (Lipinski definition) is 2. The molecule has 0 saturated carbocycles. The van der Waals surface area contributed by atoms with Crippen LogP contribution in [0.4, 0.5) is 11.4 Å². The molecule has 3 rings (SSSR count). The molecule has 2 N–H and O–H groups in total. The summed E-state index contributed by atoms with van der Waals surface area (Å²) in [6, 6.07) is 22.4. The summed E-state index contributed by atoms with van der Waals surface area (Å²) in [5.41, 5.74) is 3.43. The number of aryl methyl sites for hydroxylation is 1. The summed E-state index contributed by atoms with van der Waals surface area (Å²) in [7, 11) is 0. The molecule has 0 aromatic heterocycles. The summed E-state index contributed by atoms with van der Waals surface area (Å²) in [6.07, 6.45) is 0.268. The van der Waals surface area contributed by atoms with Crippen LogP contribution in [-0.2, 0) is 16.0 Å². The third-order valence-electron chi connectivity index (χ3n) is 4.48. The number of benzene rings is 3. The van der Waals surface area contributed by atoms with Gasteiger partial charge < -0.3 is 10.6 Å². The Morgan fingerprint density at radius 3 is 2.43 bits per heavy atom. The predicted molar refractivity (Wildman–Crippen MR) is 125 cm³/mol. The number of thioether (sulfide) groups is 1. The largest absolute Gasteiger partial charge is 0.326 e. The van der Waals surface area contributed by atoms with E-state index in [-0.39, 0.29) is 23.5 Å². The van der Waals surface area contributed by atoms with E-state index in [0.717, 1.165) is 21.7 Å². The van der Waals surface area contributed by atoms with Crippen molar-refractivity contribution in [2.75, 3.05) is 10.6 Å². The highest BCUT2D eigenvalue weighted by molar-refractivity contribution is 8.00. The Morgan fingerprint density at radius 1 is 0.967 bits per heavy atom. The fraction of sp³-hybridized carbons (Fsp3) is 0.167. The number of hydrogen-bond acceptors (Lipinski definition) is 3. The first-order chi connectivity index (χ1) is 14.4. The second-order valence-corrected chi connectivity index (χ2v) is 8.79. The molecule has 4 nitrogen and oxygen atoms in total. The smallest absolute Gasteiger partial charge is 0.237 e. The zero-order valence-electron chi connectivity index (χ0n) is 16.8. The van der Waals surface area contributed by atoms with Crippen molar-refractivity contribution in [1.29, 1.82) is 0 Å². The molecule has 0 aliphatic rings. The molecule has 154 valence electrons. The fourth-order valence-electron chi connectivity index (χ4n) is 2.85. The molecule has 3 aromatic carbocycles. The Kier molecular flexibility index (Phi) is 7.55. The highest BCUT2D eigenvalue weighted by atomic mass is 35.5. The molecule has 6 heteroatoms. The van der Waals surface area contributed by atoms with Crippen LogP contribution in [0.2, 0.25) is 5.02 Å². The summed E-state index contributed by atoms with van der Waals surface area (Å²) < 4.78 is 0. The maximum Gasteiger partial charge on any atom is 0.237 e. The Bertz CT molecular complexity index is 1040. The quantitative estimate of drug-likeness (QED) is 0.448. The SMILES string of the molecule is Cc1ccccc1NC(=O)C(C)Sc1cccc(NC(=O)Cc2ccc(Cl)cc2)c1. The van der Waals surface area contributed by atoms with Crippen LogP contribution in [0, 0.1) is 6.92 Å². The number of nitrogens with one attached hydrogen (secondary N) is 2. The Morgan fingerprint density at radius 2 is 1.70 bits per heavy atom. The van der Waals surface area contributed by atoms with Crippen LogP contribution in [0.5, 0.6) is 0 Å². The van der Waals surface area contributed by atoms with Gasteiger partial charge in [0.1, 0.15) is 0 Å². The van der Waals surface area contributed by atoms with E-state index in [9.17, 15) is 9.59 Å². The van der Waals surface area contributed by atoms with Crippen molar-refractivity contribution >= 4 is 46.6 Å². The lowest BCUT2D eigenvalue weighted by molar-refractivity contribution is -0.116. The van der Waals surface area contributed by atoms with Crippen molar-refractivity contribution in [3.63, 3.8) is 0 Å². The third kappa shape index (κ3) is 6.37. The van der Waals surface area contributed by atoms with Gasteiger partial charge in [-0.05, 0) is 61.4 Å². The minimum Gasteiger partial charge on any atom is -0.326 e. The summed E-state index contributed by atoms with van der Waals surface area (Å²) in [5, 5.41) is 6.23. The van der Waals surface area contributed by atoms with Gasteiger partial charge in [-0.2, -0.15) is 0 Å². The first kappa shape index (κ1) is 21.9. The molecular formula is C24H23ClN2O2S. The van der Waals surface area contributed by atoms with Crippen LogP contribution in [0.15, 0.2) is 77.7 Å². The molecule has 0 fully saturated rings. The molecule has 3 aromatic rings. The number of carbonyl (C=O) groups excluding carboxylic acids is 2. The van der Waals surface area contributed by atoms with Gasteiger partial charge in [0.25, 0.3) is 0 Å². The molecule has 0 spiro atoms. The summed E-state index contributed by atoms with van der Waals surface area (Å²) in [5.74, 6) is -0.170. The van der Waals surface area contributed by atoms with Crippen molar-refractivity contribution in [3.05, 3.63) is 88.9 Å². The van der Waals surface area contributed by atoms with Crippen LogP contribution in [-0.4, -0.2) is 17.1 Å². The summed E-state index contributed by atoms with van der Waals surface area (Å²) >= 11 is 7.33. The maximum absolute atomic E-state index is 12.5. The average Bonchev–Trinajstić information content (AvgIpc) is 2.71. The topological polar surface area (TPSA) is 58.2 Å². The average molecular weight is 439 g/mol. The van der Waals surface area contributed by atoms with Gasteiger partial charge in [-0.15, -0.1) is 11.8 Å². The van der Waals surface area contributed by atoms with E-state index in [1.807, 2.05) is 74.5 Å². The van der Waals surface area contributed by atoms with Crippen molar-refractivity contribution < 1.29 is 9.59 Å². The molecule has 0 saturated heterocycles. The summed E-state index contributed by atoms with van der Waals surface area (Å²) in [6.45, 7) is 3.83. The van der Waals surface area contributed by atoms with Crippen LogP contribution >= 0.6 is 23.4 Å². The second kappa shape index (κ2) is 10.3. The first-order valence-corrected chi connectivity index (χ1v) is 10.8. The third-order valence-corrected chi connectivity index (χ3v) is 5.83. The zero-order valence-corrected chi connectivity index (χ0v) is 18.4. The number of halogens is 1. The van der Waals surface area contributed by atoms with Crippen LogP contribution in [0.3, 0.4) is 0 Å². The highest BCUT2D eigenvalue weighted by Gasteiger charge is 2.16. The Labute approximate surface area is 186 Å². The van der Waals surface area contributed by atoms with Crippen LogP contribution in [0.1, 0.15) is 18.1 Å². The number of rotatable bonds is 7. The molecule has 1 atom stereocenters. The lowest BCUT2D eigenvalue weighted by Crippen LogP contribution is -2.22. The molecule has 2 amide bonds. The number of amides is 2. The molecule has 0 heterocycles. The molecule has 1 unspecified atom stereocenters. The zero-order chi connectivity index (χ0) is 21.5. The molecule has 0 bridgehead atoms.